The van der Waals surface area contributed by atoms with Crippen molar-refractivity contribution in [3.05, 3.63) is 33.8 Å². The first-order chi connectivity index (χ1) is 8.50. The van der Waals surface area contributed by atoms with E-state index in [-0.39, 0.29) is 5.78 Å². The van der Waals surface area contributed by atoms with E-state index >= 15 is 0 Å². The number of morpholine rings is 1. The van der Waals surface area contributed by atoms with Gasteiger partial charge in [0.1, 0.15) is 19.6 Å². The number of carbonyl (C=O) groups is 1. The van der Waals surface area contributed by atoms with E-state index in [0.29, 0.717) is 35.4 Å². The van der Waals surface area contributed by atoms with Crippen molar-refractivity contribution in [2.45, 2.75) is 0 Å². The van der Waals surface area contributed by atoms with Crippen LogP contribution >= 0.6 is 23.2 Å². The van der Waals surface area contributed by atoms with Gasteiger partial charge in [-0.05, 0) is 18.2 Å². The van der Waals surface area contributed by atoms with Crippen molar-refractivity contribution in [3.8, 4) is 0 Å². The number of ether oxygens (including phenoxy) is 1. The van der Waals surface area contributed by atoms with E-state index in [1.807, 2.05) is 0 Å². The van der Waals surface area contributed by atoms with Crippen molar-refractivity contribution >= 4 is 29.0 Å². The smallest absolute Gasteiger partial charge is 0.216 e. The van der Waals surface area contributed by atoms with E-state index in [0.717, 1.165) is 17.6 Å². The maximum absolute atomic E-state index is 12.2. The Morgan fingerprint density at radius 3 is 2.56 bits per heavy atom. The van der Waals surface area contributed by atoms with Crippen molar-refractivity contribution in [1.82, 2.24) is 0 Å². The van der Waals surface area contributed by atoms with E-state index in [9.17, 15) is 4.79 Å². The Morgan fingerprint density at radius 1 is 1.28 bits per heavy atom. The second kappa shape index (κ2) is 5.57. The fraction of sp³-hybridized carbons (Fsp3) is 0.462. The minimum atomic E-state index is 0.0953. The van der Waals surface area contributed by atoms with Crippen LogP contribution in [0.3, 0.4) is 0 Å². The van der Waals surface area contributed by atoms with Gasteiger partial charge in [0.05, 0.1) is 30.3 Å². The summed E-state index contributed by atoms with van der Waals surface area (Å²) in [6.07, 6.45) is 0. The number of hydrogen-bond donors (Lipinski definition) is 0. The topological polar surface area (TPSA) is 26.3 Å². The first-order valence-corrected chi connectivity index (χ1v) is 6.65. The molecule has 1 aromatic carbocycles. The summed E-state index contributed by atoms with van der Waals surface area (Å²) in [4.78, 5) is 12.2. The maximum Gasteiger partial charge on any atom is 0.216 e. The molecule has 0 unspecified atom stereocenters. The van der Waals surface area contributed by atoms with Gasteiger partial charge in [0.25, 0.3) is 0 Å². The normalized spacial score (nSPS) is 18.6. The summed E-state index contributed by atoms with van der Waals surface area (Å²) in [6.45, 7) is 3.64. The molecule has 1 aliphatic rings. The molecule has 0 saturated carbocycles. The van der Waals surface area contributed by atoms with Gasteiger partial charge in [-0.1, -0.05) is 23.2 Å². The van der Waals surface area contributed by atoms with Gasteiger partial charge >= 0.3 is 0 Å². The van der Waals surface area contributed by atoms with Gasteiger partial charge < -0.3 is 9.22 Å². The monoisotopic (exact) mass is 288 g/mol. The van der Waals surface area contributed by atoms with Gasteiger partial charge in [0.2, 0.25) is 5.78 Å². The molecule has 3 nitrogen and oxygen atoms in total. The van der Waals surface area contributed by atoms with Crippen molar-refractivity contribution in [3.63, 3.8) is 0 Å². The summed E-state index contributed by atoms with van der Waals surface area (Å²) in [7, 11) is 2.08. The highest BCUT2D eigenvalue weighted by atomic mass is 35.5. The van der Waals surface area contributed by atoms with Crippen LogP contribution in [-0.4, -0.2) is 50.2 Å². The number of quaternary nitrogens is 1. The minimum absolute atomic E-state index is 0.0953. The Hall–Kier alpha value is -0.610. The quantitative estimate of drug-likeness (QED) is 0.631. The van der Waals surface area contributed by atoms with E-state index in [4.69, 9.17) is 27.9 Å². The van der Waals surface area contributed by atoms with E-state index in [2.05, 4.69) is 7.05 Å². The molecule has 98 valence electrons. The highest BCUT2D eigenvalue weighted by Gasteiger charge is 2.28. The summed E-state index contributed by atoms with van der Waals surface area (Å²) in [5.74, 6) is 0.0953. The van der Waals surface area contributed by atoms with Crippen LogP contribution in [0.4, 0.5) is 0 Å². The molecule has 0 bridgehead atoms. The molecule has 0 N–H and O–H groups in total. The van der Waals surface area contributed by atoms with Gasteiger partial charge in [-0.3, -0.25) is 4.79 Å². The molecule has 0 radical (unpaired) electrons. The van der Waals surface area contributed by atoms with Gasteiger partial charge in [-0.15, -0.1) is 0 Å². The lowest BCUT2D eigenvalue weighted by atomic mass is 10.1. The minimum Gasteiger partial charge on any atom is -0.370 e. The standard InChI is InChI=1S/C13H16Cl2NO2/c1-16(4-6-18-7-5-16)9-13(17)10-2-3-11(14)12(15)8-10/h2-3,8H,4-7,9H2,1H3/q+1. The van der Waals surface area contributed by atoms with Crippen LogP contribution in [-0.2, 0) is 4.74 Å². The first kappa shape index (κ1) is 13.8. The molecular formula is C13H16Cl2NO2+. The third-order valence-electron chi connectivity index (χ3n) is 3.32. The van der Waals surface area contributed by atoms with Crippen LogP contribution in [0.2, 0.25) is 10.0 Å². The average molecular weight is 289 g/mol. The number of ketones is 1. The predicted molar refractivity (Wildman–Crippen MR) is 72.4 cm³/mol. The molecule has 1 fully saturated rings. The highest BCUT2D eigenvalue weighted by Crippen LogP contribution is 2.23. The van der Waals surface area contributed by atoms with Crippen LogP contribution in [0.5, 0.6) is 0 Å². The fourth-order valence-corrected chi connectivity index (χ4v) is 2.35. The molecule has 1 aromatic rings. The van der Waals surface area contributed by atoms with Crippen molar-refractivity contribution in [2.75, 3.05) is 39.9 Å². The molecule has 1 aliphatic heterocycles. The molecule has 1 saturated heterocycles. The molecule has 0 aliphatic carbocycles. The SMILES string of the molecule is C[N+]1(CC(=O)c2ccc(Cl)c(Cl)c2)CCOCC1. The average Bonchev–Trinajstić information content (AvgIpc) is 2.33. The molecule has 0 aromatic heterocycles. The molecular weight excluding hydrogens is 273 g/mol. The van der Waals surface area contributed by atoms with Crippen LogP contribution in [0, 0.1) is 0 Å². The zero-order valence-corrected chi connectivity index (χ0v) is 11.8. The molecule has 5 heteroatoms. The van der Waals surface area contributed by atoms with Gasteiger partial charge in [-0.2, -0.15) is 0 Å². The largest absolute Gasteiger partial charge is 0.370 e. The summed E-state index contributed by atoms with van der Waals surface area (Å²) in [5, 5.41) is 0.895. The molecule has 0 atom stereocenters. The number of hydrogen-bond acceptors (Lipinski definition) is 2. The fourth-order valence-electron chi connectivity index (χ4n) is 2.05. The Bertz CT molecular complexity index is 456. The number of Topliss-reactive ketones (excluding diaryl/α,β-unsaturated/α-hetero) is 1. The van der Waals surface area contributed by atoms with Crippen molar-refractivity contribution in [1.29, 1.82) is 0 Å². The Kier molecular flexibility index (Phi) is 4.28. The predicted octanol–water partition coefficient (Wildman–Crippen LogP) is 2.65. The van der Waals surface area contributed by atoms with Crippen molar-refractivity contribution in [2.24, 2.45) is 0 Å². The van der Waals surface area contributed by atoms with E-state index in [1.165, 1.54) is 0 Å². The number of rotatable bonds is 3. The molecule has 18 heavy (non-hydrogen) atoms. The Balaban J connectivity index is 2.09. The Labute approximate surface area is 117 Å². The number of nitrogens with zero attached hydrogens (tertiary/aromatic N) is 1. The zero-order chi connectivity index (χ0) is 13.2. The number of benzene rings is 1. The van der Waals surface area contributed by atoms with Crippen LogP contribution < -0.4 is 0 Å². The lowest BCUT2D eigenvalue weighted by Gasteiger charge is -2.36. The third-order valence-corrected chi connectivity index (χ3v) is 4.06. The van der Waals surface area contributed by atoms with Crippen molar-refractivity contribution < 1.29 is 14.0 Å². The number of halogens is 2. The molecule has 0 amide bonds. The van der Waals surface area contributed by atoms with Crippen LogP contribution in [0.15, 0.2) is 18.2 Å². The lowest BCUT2D eigenvalue weighted by Crippen LogP contribution is -2.54. The van der Waals surface area contributed by atoms with Crippen LogP contribution in [0.1, 0.15) is 10.4 Å². The second-order valence-corrected chi connectivity index (χ2v) is 5.70. The lowest BCUT2D eigenvalue weighted by molar-refractivity contribution is -0.908. The van der Waals surface area contributed by atoms with E-state index < -0.39 is 0 Å². The highest BCUT2D eigenvalue weighted by molar-refractivity contribution is 6.42. The third kappa shape index (κ3) is 3.23. The van der Waals surface area contributed by atoms with Gasteiger partial charge in [0.15, 0.2) is 0 Å². The zero-order valence-electron chi connectivity index (χ0n) is 10.3. The summed E-state index contributed by atoms with van der Waals surface area (Å²) < 4.78 is 6.04. The van der Waals surface area contributed by atoms with Crippen LogP contribution in [0.25, 0.3) is 0 Å². The Morgan fingerprint density at radius 2 is 1.94 bits per heavy atom. The maximum atomic E-state index is 12.2. The number of likely N-dealkylation sites (N-methyl/N-ethyl adjacent to an activating group) is 1. The van der Waals surface area contributed by atoms with Gasteiger partial charge in [-0.25, -0.2) is 0 Å². The second-order valence-electron chi connectivity index (χ2n) is 4.89. The van der Waals surface area contributed by atoms with E-state index in [1.54, 1.807) is 18.2 Å². The molecule has 0 spiro atoms. The summed E-state index contributed by atoms with van der Waals surface area (Å²) >= 11 is 11.8. The molecule has 2 rings (SSSR count). The van der Waals surface area contributed by atoms with Gasteiger partial charge in [0, 0.05) is 5.56 Å². The summed E-state index contributed by atoms with van der Waals surface area (Å²) in [6, 6.07) is 5.03. The molecule has 1 heterocycles. The summed E-state index contributed by atoms with van der Waals surface area (Å²) in [5.41, 5.74) is 0.621. The number of carbonyl (C=O) groups excluding carboxylic acids is 1. The first-order valence-electron chi connectivity index (χ1n) is 5.90.